The van der Waals surface area contributed by atoms with E-state index in [9.17, 15) is 13.0 Å². The Morgan fingerprint density at radius 1 is 1.21 bits per heavy atom. The van der Waals surface area contributed by atoms with Gasteiger partial charge in [-0.1, -0.05) is 26.2 Å². The van der Waals surface area contributed by atoms with Gasteiger partial charge in [-0.25, -0.2) is 8.42 Å². The van der Waals surface area contributed by atoms with E-state index in [0.29, 0.717) is 6.42 Å². The monoisotopic (exact) mass is 243 g/mol. The van der Waals surface area contributed by atoms with E-state index >= 15 is 0 Å². The summed E-state index contributed by atoms with van der Waals surface area (Å²) in [4.78, 5) is 0. The summed E-state index contributed by atoms with van der Waals surface area (Å²) in [5.74, 6) is -0.0780. The normalized spacial score (nSPS) is 13.1. The van der Waals surface area contributed by atoms with E-state index in [-0.39, 0.29) is 5.75 Å². The Bertz CT molecular complexity index is 297. The molecule has 0 radical (unpaired) electrons. The van der Waals surface area contributed by atoms with Gasteiger partial charge in [0.15, 0.2) is 0 Å². The fourth-order valence-electron chi connectivity index (χ4n) is 0.982. The lowest BCUT2D eigenvalue weighted by Gasteiger charge is -2.09. The van der Waals surface area contributed by atoms with E-state index in [1.165, 1.54) is 0 Å². The van der Waals surface area contributed by atoms with Crippen molar-refractivity contribution in [3.05, 3.63) is 0 Å². The van der Waals surface area contributed by atoms with Crippen LogP contribution in [-0.2, 0) is 14.6 Å². The lowest BCUT2D eigenvalue weighted by molar-refractivity contribution is 0.565. The number of nitrogens with one attached hydrogen (secondary N) is 1. The average Bonchev–Trinajstić information content (AvgIpc) is 1.93. The van der Waals surface area contributed by atoms with Crippen molar-refractivity contribution in [1.82, 2.24) is 4.49 Å². The van der Waals surface area contributed by atoms with Crippen LogP contribution in [0.15, 0.2) is 0 Å². The second-order valence-corrected chi connectivity index (χ2v) is 6.97. The molecule has 0 amide bonds. The molecule has 0 saturated carbocycles. The van der Waals surface area contributed by atoms with E-state index in [1.807, 2.05) is 6.92 Å². The predicted octanol–water partition coefficient (Wildman–Crippen LogP) is 0.512. The molecule has 5 N–H and O–H groups in total. The van der Waals surface area contributed by atoms with E-state index in [2.05, 4.69) is 0 Å². The first-order chi connectivity index (χ1) is 6.27. The predicted molar refractivity (Wildman–Crippen MR) is 57.0 cm³/mol. The van der Waals surface area contributed by atoms with E-state index in [0.717, 1.165) is 19.3 Å². The zero-order valence-electron chi connectivity index (χ0n) is 8.27. The number of hydrogen-bond donors (Lipinski definition) is 3. The van der Waals surface area contributed by atoms with Crippen LogP contribution < -0.4 is 15.5 Å². The molecule has 0 spiro atoms. The highest BCUT2D eigenvalue weighted by Crippen LogP contribution is 2.19. The van der Waals surface area contributed by atoms with Crippen molar-refractivity contribution >= 4 is 17.6 Å². The number of hydrogen-bond acceptors (Lipinski definition) is 3. The molecule has 0 heterocycles. The molecule has 0 bridgehead atoms. The van der Waals surface area contributed by atoms with Crippen molar-refractivity contribution in [1.29, 1.82) is 0 Å². The van der Waals surface area contributed by atoms with Crippen LogP contribution in [0.5, 0.6) is 0 Å². The summed E-state index contributed by atoms with van der Waals surface area (Å²) in [6.45, 7) is 2.03. The molecule has 0 aliphatic heterocycles. The molecule has 0 rings (SSSR count). The van der Waals surface area contributed by atoms with E-state index < -0.39 is 17.6 Å². The Hall–Kier alpha value is 0.0600. The van der Waals surface area contributed by atoms with Crippen molar-refractivity contribution in [3.63, 3.8) is 0 Å². The minimum absolute atomic E-state index is 0.0780. The van der Waals surface area contributed by atoms with E-state index in [4.69, 9.17) is 11.0 Å². The standard InChI is InChI=1S/C6H18N3O3PS/c1-2-3-4-5-6-14(11,12)9-13(7,8)10/h2-6H2,1H3,(H5,7,8,9,10). The summed E-state index contributed by atoms with van der Waals surface area (Å²) < 4.78 is 34.9. The molecule has 0 aliphatic rings. The van der Waals surface area contributed by atoms with Crippen LogP contribution >= 0.6 is 7.59 Å². The van der Waals surface area contributed by atoms with Crippen LogP contribution in [0.2, 0.25) is 0 Å². The van der Waals surface area contributed by atoms with Gasteiger partial charge in [0.2, 0.25) is 10.0 Å². The lowest BCUT2D eigenvalue weighted by atomic mass is 10.2. The molecule has 0 aliphatic carbocycles. The molecular weight excluding hydrogens is 225 g/mol. The highest BCUT2D eigenvalue weighted by molar-refractivity contribution is 7.95. The molecule has 0 aromatic rings. The summed E-state index contributed by atoms with van der Waals surface area (Å²) in [6, 6.07) is 0. The Kier molecular flexibility index (Phi) is 5.85. The second kappa shape index (κ2) is 5.82. The van der Waals surface area contributed by atoms with Gasteiger partial charge in [-0.15, -0.1) is 4.49 Å². The molecule has 14 heavy (non-hydrogen) atoms. The third kappa shape index (κ3) is 8.65. The quantitative estimate of drug-likeness (QED) is 0.445. The van der Waals surface area contributed by atoms with Crippen molar-refractivity contribution in [2.75, 3.05) is 5.75 Å². The van der Waals surface area contributed by atoms with Gasteiger partial charge >= 0.3 is 0 Å². The zero-order chi connectivity index (χ0) is 11.2. The third-order valence-corrected chi connectivity index (χ3v) is 4.63. The maximum Gasteiger partial charge on any atom is 0.287 e. The van der Waals surface area contributed by atoms with Gasteiger partial charge in [0.1, 0.15) is 0 Å². The van der Waals surface area contributed by atoms with Crippen molar-refractivity contribution in [3.8, 4) is 0 Å². The van der Waals surface area contributed by atoms with Crippen LogP contribution in [0, 0.1) is 0 Å². The van der Waals surface area contributed by atoms with Crippen molar-refractivity contribution in [2.24, 2.45) is 11.0 Å². The highest BCUT2D eigenvalue weighted by Gasteiger charge is 2.18. The van der Waals surface area contributed by atoms with Crippen LogP contribution in [0.25, 0.3) is 0 Å². The van der Waals surface area contributed by atoms with Crippen LogP contribution in [0.3, 0.4) is 0 Å². The van der Waals surface area contributed by atoms with E-state index in [1.54, 1.807) is 4.49 Å². The Morgan fingerprint density at radius 3 is 2.21 bits per heavy atom. The molecule has 0 aromatic carbocycles. The summed E-state index contributed by atoms with van der Waals surface area (Å²) in [5, 5.41) is 0. The van der Waals surface area contributed by atoms with Gasteiger partial charge in [0.05, 0.1) is 5.75 Å². The first-order valence-electron chi connectivity index (χ1n) is 4.46. The zero-order valence-corrected chi connectivity index (χ0v) is 9.98. The SMILES string of the molecule is CCCCCCS(=O)(=O)NP(N)(N)=O. The molecule has 6 nitrogen and oxygen atoms in total. The van der Waals surface area contributed by atoms with Gasteiger partial charge in [-0.3, -0.25) is 15.6 Å². The minimum atomic E-state index is -3.68. The number of nitrogens with two attached hydrogens (primary N) is 2. The number of unbranched alkanes of at least 4 members (excludes halogenated alkanes) is 3. The topological polar surface area (TPSA) is 115 Å². The molecule has 0 unspecified atom stereocenters. The van der Waals surface area contributed by atoms with Crippen LogP contribution in [0.4, 0.5) is 0 Å². The maximum atomic E-state index is 11.2. The van der Waals surface area contributed by atoms with Gasteiger partial charge in [0, 0.05) is 0 Å². The van der Waals surface area contributed by atoms with Crippen molar-refractivity contribution < 1.29 is 13.0 Å². The molecule has 0 atom stereocenters. The Labute approximate surface area is 85.0 Å². The summed E-state index contributed by atoms with van der Waals surface area (Å²) in [5.41, 5.74) is 9.79. The second-order valence-electron chi connectivity index (χ2n) is 3.18. The molecule has 0 fully saturated rings. The first kappa shape index (κ1) is 14.1. The summed E-state index contributed by atoms with van der Waals surface area (Å²) in [7, 11) is -7.26. The van der Waals surface area contributed by atoms with Gasteiger partial charge in [-0.05, 0) is 6.42 Å². The lowest BCUT2D eigenvalue weighted by Crippen LogP contribution is -2.30. The number of rotatable bonds is 7. The van der Waals surface area contributed by atoms with Gasteiger partial charge in [-0.2, -0.15) is 0 Å². The first-order valence-corrected chi connectivity index (χ1v) is 7.95. The van der Waals surface area contributed by atoms with Crippen molar-refractivity contribution in [2.45, 2.75) is 32.6 Å². The number of sulfonamides is 1. The average molecular weight is 243 g/mol. The fourth-order valence-corrected chi connectivity index (χ4v) is 3.67. The summed E-state index contributed by atoms with van der Waals surface area (Å²) >= 11 is 0. The third-order valence-electron chi connectivity index (χ3n) is 1.55. The largest absolute Gasteiger partial charge is 0.287 e. The molecular formula is C6H18N3O3PS. The minimum Gasteiger partial charge on any atom is -0.270 e. The van der Waals surface area contributed by atoms with Crippen LogP contribution in [0.1, 0.15) is 32.6 Å². The smallest absolute Gasteiger partial charge is 0.270 e. The molecule has 8 heteroatoms. The van der Waals surface area contributed by atoms with Crippen LogP contribution in [-0.4, -0.2) is 14.2 Å². The molecule has 86 valence electrons. The molecule has 0 aromatic heterocycles. The summed E-state index contributed by atoms with van der Waals surface area (Å²) in [6.07, 6.45) is 3.37. The Morgan fingerprint density at radius 2 is 1.79 bits per heavy atom. The van der Waals surface area contributed by atoms with Gasteiger partial charge in [0.25, 0.3) is 7.59 Å². The Balaban J connectivity index is 3.92. The maximum absolute atomic E-state index is 11.2. The molecule has 0 saturated heterocycles. The fraction of sp³-hybridized carbons (Fsp3) is 1.00. The van der Waals surface area contributed by atoms with Gasteiger partial charge < -0.3 is 0 Å². The highest BCUT2D eigenvalue weighted by atomic mass is 32.2.